The average molecular weight is 254 g/mol. The molecule has 2 rings (SSSR count). The Kier molecular flexibility index (Phi) is 1.90. The van der Waals surface area contributed by atoms with Gasteiger partial charge in [0.2, 0.25) is 0 Å². The molecule has 14 heavy (non-hydrogen) atoms. The van der Waals surface area contributed by atoms with Gasteiger partial charge in [-0.25, -0.2) is 0 Å². The maximum Gasteiger partial charge on any atom is 0.0706 e. The minimum Gasteiger partial charge on any atom is -0.316 e. The van der Waals surface area contributed by atoms with Crippen LogP contribution in [0, 0.1) is 0 Å². The molecule has 0 aliphatic heterocycles. The lowest BCUT2D eigenvalue weighted by Gasteiger charge is -2.05. The molecule has 2 aromatic rings. The van der Waals surface area contributed by atoms with E-state index in [1.54, 1.807) is 6.20 Å². The highest BCUT2D eigenvalue weighted by Gasteiger charge is 2.00. The fourth-order valence-electron chi connectivity index (χ4n) is 1.42. The van der Waals surface area contributed by atoms with Crippen LogP contribution in [-0.2, 0) is 6.54 Å². The summed E-state index contributed by atoms with van der Waals surface area (Å²) in [4.78, 5) is 4.24. The SMILES string of the molecule is [2H]C([2H])([2H])NCc1ccnc2ccc(Br)cc12. The number of hydrogen-bond donors (Lipinski definition) is 1. The molecular formula is C11H11BrN2. The van der Waals surface area contributed by atoms with Crippen LogP contribution in [0.2, 0.25) is 0 Å². The summed E-state index contributed by atoms with van der Waals surface area (Å²) in [5.41, 5.74) is 1.78. The Morgan fingerprint density at radius 3 is 3.29 bits per heavy atom. The van der Waals surface area contributed by atoms with Crippen LogP contribution in [0.3, 0.4) is 0 Å². The Bertz CT molecular complexity index is 540. The van der Waals surface area contributed by atoms with Crippen LogP contribution in [-0.4, -0.2) is 12.0 Å². The third-order valence-electron chi connectivity index (χ3n) is 2.07. The molecule has 1 N–H and O–H groups in total. The number of nitrogens with zero attached hydrogens (tertiary/aromatic N) is 1. The van der Waals surface area contributed by atoms with Gasteiger partial charge in [0.15, 0.2) is 0 Å². The molecule has 1 heterocycles. The molecule has 2 nitrogen and oxygen atoms in total. The van der Waals surface area contributed by atoms with Crippen LogP contribution in [0.5, 0.6) is 0 Å². The predicted octanol–water partition coefficient (Wildman–Crippen LogP) is 2.72. The highest BCUT2D eigenvalue weighted by molar-refractivity contribution is 9.10. The Morgan fingerprint density at radius 2 is 2.43 bits per heavy atom. The number of benzene rings is 1. The summed E-state index contributed by atoms with van der Waals surface area (Å²) in [6.45, 7) is -1.83. The van der Waals surface area contributed by atoms with Crippen LogP contribution in [0.25, 0.3) is 10.9 Å². The van der Waals surface area contributed by atoms with E-state index in [1.807, 2.05) is 24.3 Å². The molecule has 0 atom stereocenters. The number of halogens is 1. The number of hydrogen-bond acceptors (Lipinski definition) is 2. The molecule has 0 aliphatic rings. The molecule has 0 saturated carbocycles. The highest BCUT2D eigenvalue weighted by atomic mass is 79.9. The summed E-state index contributed by atoms with van der Waals surface area (Å²) in [6, 6.07) is 7.58. The van der Waals surface area contributed by atoms with Crippen LogP contribution < -0.4 is 5.32 Å². The molecule has 0 amide bonds. The summed E-state index contributed by atoms with van der Waals surface area (Å²) in [5.74, 6) is 0. The summed E-state index contributed by atoms with van der Waals surface area (Å²) in [6.07, 6.45) is 1.69. The van der Waals surface area contributed by atoms with Crippen LogP contribution >= 0.6 is 15.9 Å². The van der Waals surface area contributed by atoms with Crippen LogP contribution in [0.4, 0.5) is 0 Å². The number of aromatic nitrogens is 1. The molecule has 0 aliphatic carbocycles. The van der Waals surface area contributed by atoms with Crippen molar-refractivity contribution in [1.82, 2.24) is 10.3 Å². The van der Waals surface area contributed by atoms with Gasteiger partial charge in [0, 0.05) is 26.7 Å². The van der Waals surface area contributed by atoms with Gasteiger partial charge in [-0.2, -0.15) is 0 Å². The Hall–Kier alpha value is -0.930. The topological polar surface area (TPSA) is 24.9 Å². The highest BCUT2D eigenvalue weighted by Crippen LogP contribution is 2.21. The second-order valence-corrected chi connectivity index (χ2v) is 3.90. The molecule has 3 heteroatoms. The van der Waals surface area contributed by atoms with Crippen molar-refractivity contribution >= 4 is 26.8 Å². The van der Waals surface area contributed by atoms with E-state index in [1.165, 1.54) is 0 Å². The Balaban J connectivity index is 2.36. The largest absolute Gasteiger partial charge is 0.316 e. The van der Waals surface area contributed by atoms with Crippen molar-refractivity contribution in [3.63, 3.8) is 0 Å². The van der Waals surface area contributed by atoms with Crippen LogP contribution in [0.15, 0.2) is 34.9 Å². The van der Waals surface area contributed by atoms with Gasteiger partial charge in [0.25, 0.3) is 0 Å². The van der Waals surface area contributed by atoms with Crippen LogP contribution in [0.1, 0.15) is 9.68 Å². The van der Waals surface area contributed by atoms with E-state index in [0.717, 1.165) is 20.9 Å². The molecule has 72 valence electrons. The third-order valence-corrected chi connectivity index (χ3v) is 2.57. The first-order valence-corrected chi connectivity index (χ1v) is 5.03. The zero-order chi connectivity index (χ0) is 12.5. The standard InChI is InChI=1S/C11H11BrN2/c1-13-7-8-4-5-14-11-3-2-9(12)6-10(8)11/h2-6,13H,7H2,1H3/i1D3. The average Bonchev–Trinajstić information content (AvgIpc) is 2.25. The molecule has 0 bridgehead atoms. The Morgan fingerprint density at radius 1 is 1.50 bits per heavy atom. The number of pyridine rings is 1. The van der Waals surface area contributed by atoms with Crippen molar-refractivity contribution in [1.29, 1.82) is 0 Å². The monoisotopic (exact) mass is 253 g/mol. The third kappa shape index (κ3) is 1.79. The van der Waals surface area contributed by atoms with E-state index < -0.39 is 6.98 Å². The van der Waals surface area contributed by atoms with E-state index >= 15 is 0 Å². The van der Waals surface area contributed by atoms with E-state index in [9.17, 15) is 0 Å². The maximum atomic E-state index is 7.13. The Labute approximate surface area is 95.7 Å². The molecule has 1 aromatic heterocycles. The van der Waals surface area contributed by atoms with Crippen molar-refractivity contribution in [3.05, 3.63) is 40.5 Å². The van der Waals surface area contributed by atoms with Crippen molar-refractivity contribution in [3.8, 4) is 0 Å². The molecule has 0 fully saturated rings. The first-order valence-electron chi connectivity index (χ1n) is 5.74. The van der Waals surface area contributed by atoms with E-state index in [2.05, 4.69) is 26.2 Å². The zero-order valence-electron chi connectivity index (χ0n) is 10.4. The zero-order valence-corrected chi connectivity index (χ0v) is 9.01. The normalized spacial score (nSPS) is 14.8. The second kappa shape index (κ2) is 4.07. The smallest absolute Gasteiger partial charge is 0.0706 e. The van der Waals surface area contributed by atoms with Gasteiger partial charge < -0.3 is 5.32 Å². The van der Waals surface area contributed by atoms with Crippen molar-refractivity contribution in [2.24, 2.45) is 0 Å². The lowest BCUT2D eigenvalue weighted by atomic mass is 10.1. The van der Waals surface area contributed by atoms with Gasteiger partial charge >= 0.3 is 0 Å². The predicted molar refractivity (Wildman–Crippen MR) is 62.2 cm³/mol. The summed E-state index contributed by atoms with van der Waals surface area (Å²) < 4.78 is 22.3. The summed E-state index contributed by atoms with van der Waals surface area (Å²) in [5, 5.41) is 3.46. The minimum atomic E-state index is -2.12. The van der Waals surface area contributed by atoms with E-state index in [0.29, 0.717) is 6.54 Å². The van der Waals surface area contributed by atoms with Gasteiger partial charge in [-0.3, -0.25) is 4.98 Å². The van der Waals surface area contributed by atoms with E-state index in [4.69, 9.17) is 4.11 Å². The molecule has 1 aromatic carbocycles. The molecule has 0 unspecified atom stereocenters. The molecular weight excluding hydrogens is 240 g/mol. The van der Waals surface area contributed by atoms with Gasteiger partial charge in [-0.05, 0) is 36.8 Å². The lowest BCUT2D eigenvalue weighted by Crippen LogP contribution is -2.05. The van der Waals surface area contributed by atoms with Crippen molar-refractivity contribution < 1.29 is 4.11 Å². The fraction of sp³-hybridized carbons (Fsp3) is 0.182. The summed E-state index contributed by atoms with van der Waals surface area (Å²) >= 11 is 3.40. The molecule has 0 radical (unpaired) electrons. The maximum absolute atomic E-state index is 7.13. The van der Waals surface area contributed by atoms with Gasteiger partial charge in [-0.15, -0.1) is 0 Å². The first-order chi connectivity index (χ1) is 7.96. The second-order valence-electron chi connectivity index (χ2n) is 2.99. The number of fused-ring (bicyclic) bond motifs is 1. The minimum absolute atomic E-state index is 0.298. The van der Waals surface area contributed by atoms with Crippen molar-refractivity contribution in [2.45, 2.75) is 6.54 Å². The fourth-order valence-corrected chi connectivity index (χ4v) is 1.79. The van der Waals surface area contributed by atoms with Crippen molar-refractivity contribution in [2.75, 3.05) is 6.98 Å². The number of rotatable bonds is 2. The summed E-state index contributed by atoms with van der Waals surface area (Å²) in [7, 11) is 0. The number of nitrogens with one attached hydrogen (secondary N) is 1. The quantitative estimate of drug-likeness (QED) is 0.891. The van der Waals surface area contributed by atoms with Gasteiger partial charge in [0.1, 0.15) is 0 Å². The molecule has 0 spiro atoms. The van der Waals surface area contributed by atoms with Gasteiger partial charge in [-0.1, -0.05) is 15.9 Å². The molecule has 0 saturated heterocycles. The van der Waals surface area contributed by atoms with E-state index in [-0.39, 0.29) is 0 Å². The van der Waals surface area contributed by atoms with Gasteiger partial charge in [0.05, 0.1) is 5.52 Å². The lowest BCUT2D eigenvalue weighted by molar-refractivity contribution is 0.822. The first kappa shape index (κ1) is 6.53.